The van der Waals surface area contributed by atoms with Crippen molar-refractivity contribution in [2.24, 2.45) is 5.92 Å². The van der Waals surface area contributed by atoms with Crippen molar-refractivity contribution >= 4 is 0 Å². The summed E-state index contributed by atoms with van der Waals surface area (Å²) >= 11 is 0. The van der Waals surface area contributed by atoms with Gasteiger partial charge in [-0.25, -0.2) is 4.98 Å². The molecule has 13 heavy (non-hydrogen) atoms. The molecule has 1 fully saturated rings. The van der Waals surface area contributed by atoms with E-state index in [9.17, 15) is 0 Å². The molecule has 1 saturated carbocycles. The van der Waals surface area contributed by atoms with E-state index in [2.05, 4.69) is 15.7 Å². The summed E-state index contributed by atoms with van der Waals surface area (Å²) < 4.78 is 2.18. The Morgan fingerprint density at radius 3 is 3.08 bits per heavy atom. The molecule has 1 unspecified atom stereocenters. The SMILES string of the molecule is c1cn(CC2=C3CCC(C3)C2)cn1. The van der Waals surface area contributed by atoms with Crippen LogP contribution in [-0.4, -0.2) is 9.55 Å². The van der Waals surface area contributed by atoms with Crippen LogP contribution in [0.2, 0.25) is 0 Å². The lowest BCUT2D eigenvalue weighted by molar-refractivity contribution is 0.546. The van der Waals surface area contributed by atoms with Crippen LogP contribution in [0.5, 0.6) is 0 Å². The van der Waals surface area contributed by atoms with Crippen molar-refractivity contribution < 1.29 is 0 Å². The van der Waals surface area contributed by atoms with E-state index in [1.807, 2.05) is 12.5 Å². The monoisotopic (exact) mass is 174 g/mol. The zero-order valence-corrected chi connectivity index (χ0v) is 7.74. The number of rotatable bonds is 2. The molecule has 0 radical (unpaired) electrons. The minimum atomic E-state index is 0.994. The molecule has 1 heterocycles. The van der Waals surface area contributed by atoms with Crippen LogP contribution in [-0.2, 0) is 6.54 Å². The molecule has 3 rings (SSSR count). The maximum absolute atomic E-state index is 4.07. The fourth-order valence-electron chi connectivity index (χ4n) is 2.70. The van der Waals surface area contributed by atoms with Gasteiger partial charge in [-0.1, -0.05) is 11.1 Å². The molecular weight excluding hydrogens is 160 g/mol. The Balaban J connectivity index is 1.81. The standard InChI is InChI=1S/C11H14N2/c1-2-10-5-9(1)6-11(10)7-13-4-3-12-8-13/h3-4,8-9H,1-2,5-7H2. The van der Waals surface area contributed by atoms with Gasteiger partial charge in [0.2, 0.25) is 0 Å². The summed E-state index contributed by atoms with van der Waals surface area (Å²) in [6.07, 6.45) is 11.4. The summed E-state index contributed by atoms with van der Waals surface area (Å²) in [7, 11) is 0. The van der Waals surface area contributed by atoms with Crippen LogP contribution in [0, 0.1) is 5.92 Å². The second-order valence-electron chi connectivity index (χ2n) is 4.26. The van der Waals surface area contributed by atoms with Gasteiger partial charge < -0.3 is 4.57 Å². The van der Waals surface area contributed by atoms with Crippen molar-refractivity contribution in [3.8, 4) is 0 Å². The molecule has 0 saturated heterocycles. The topological polar surface area (TPSA) is 17.8 Å². The van der Waals surface area contributed by atoms with Gasteiger partial charge in [0, 0.05) is 18.9 Å². The molecule has 68 valence electrons. The second-order valence-corrected chi connectivity index (χ2v) is 4.26. The maximum Gasteiger partial charge on any atom is 0.0948 e. The lowest BCUT2D eigenvalue weighted by Crippen LogP contribution is -2.02. The number of hydrogen-bond donors (Lipinski definition) is 0. The predicted octanol–water partition coefficient (Wildman–Crippen LogP) is 2.38. The molecule has 2 aliphatic rings. The Labute approximate surface area is 78.3 Å². The highest BCUT2D eigenvalue weighted by atomic mass is 15.0. The molecule has 0 spiro atoms. The molecule has 2 nitrogen and oxygen atoms in total. The summed E-state index contributed by atoms with van der Waals surface area (Å²) in [5, 5.41) is 0. The highest BCUT2D eigenvalue weighted by Crippen LogP contribution is 2.44. The van der Waals surface area contributed by atoms with E-state index >= 15 is 0 Å². The first-order chi connectivity index (χ1) is 6.42. The Morgan fingerprint density at radius 1 is 1.46 bits per heavy atom. The van der Waals surface area contributed by atoms with E-state index in [4.69, 9.17) is 0 Å². The minimum absolute atomic E-state index is 0.994. The van der Waals surface area contributed by atoms with Gasteiger partial charge in [0.15, 0.2) is 0 Å². The normalized spacial score (nSPS) is 26.0. The Kier molecular flexibility index (Phi) is 1.54. The van der Waals surface area contributed by atoms with Crippen LogP contribution >= 0.6 is 0 Å². The highest BCUT2D eigenvalue weighted by molar-refractivity contribution is 5.25. The smallest absolute Gasteiger partial charge is 0.0948 e. The molecule has 2 bridgehead atoms. The molecule has 1 aromatic rings. The average molecular weight is 174 g/mol. The number of nitrogens with zero attached hydrogens (tertiary/aromatic N) is 2. The van der Waals surface area contributed by atoms with E-state index in [1.165, 1.54) is 25.7 Å². The summed E-state index contributed by atoms with van der Waals surface area (Å²) in [6, 6.07) is 0. The van der Waals surface area contributed by atoms with E-state index in [0.29, 0.717) is 0 Å². The van der Waals surface area contributed by atoms with Crippen molar-refractivity contribution in [2.45, 2.75) is 32.2 Å². The zero-order chi connectivity index (χ0) is 8.67. The first-order valence-corrected chi connectivity index (χ1v) is 5.07. The lowest BCUT2D eigenvalue weighted by atomic mass is 9.99. The van der Waals surface area contributed by atoms with E-state index in [1.54, 1.807) is 11.1 Å². The third kappa shape index (κ3) is 1.21. The molecule has 0 aliphatic heterocycles. The summed E-state index contributed by atoms with van der Waals surface area (Å²) in [5.74, 6) is 0.994. The van der Waals surface area contributed by atoms with Gasteiger partial charge in [-0.05, 0) is 31.6 Å². The summed E-state index contributed by atoms with van der Waals surface area (Å²) in [5.41, 5.74) is 3.44. The molecule has 1 aromatic heterocycles. The molecule has 0 aromatic carbocycles. The first-order valence-electron chi connectivity index (χ1n) is 5.07. The Bertz CT molecular complexity index is 335. The third-order valence-electron chi connectivity index (χ3n) is 3.36. The highest BCUT2D eigenvalue weighted by Gasteiger charge is 2.29. The fraction of sp³-hybridized carbons (Fsp3) is 0.545. The van der Waals surface area contributed by atoms with Crippen LogP contribution in [0.1, 0.15) is 25.7 Å². The Morgan fingerprint density at radius 2 is 2.46 bits per heavy atom. The quantitative estimate of drug-likeness (QED) is 0.629. The van der Waals surface area contributed by atoms with Crippen molar-refractivity contribution in [1.82, 2.24) is 9.55 Å². The molecule has 1 atom stereocenters. The van der Waals surface area contributed by atoms with Crippen LogP contribution in [0.25, 0.3) is 0 Å². The van der Waals surface area contributed by atoms with E-state index in [-0.39, 0.29) is 0 Å². The van der Waals surface area contributed by atoms with Gasteiger partial charge in [-0.3, -0.25) is 0 Å². The zero-order valence-electron chi connectivity index (χ0n) is 7.74. The first kappa shape index (κ1) is 7.36. The second kappa shape index (κ2) is 2.72. The van der Waals surface area contributed by atoms with Crippen LogP contribution in [0.15, 0.2) is 29.9 Å². The summed E-state index contributed by atoms with van der Waals surface area (Å²) in [6.45, 7) is 1.09. The van der Waals surface area contributed by atoms with Gasteiger partial charge in [0.05, 0.1) is 6.33 Å². The largest absolute Gasteiger partial charge is 0.333 e. The number of fused-ring (bicyclic) bond motifs is 2. The van der Waals surface area contributed by atoms with Gasteiger partial charge in [-0.2, -0.15) is 0 Å². The number of hydrogen-bond acceptors (Lipinski definition) is 1. The average Bonchev–Trinajstić information content (AvgIpc) is 2.77. The molecule has 0 amide bonds. The predicted molar refractivity (Wildman–Crippen MR) is 51.2 cm³/mol. The minimum Gasteiger partial charge on any atom is -0.333 e. The van der Waals surface area contributed by atoms with Crippen LogP contribution in [0.4, 0.5) is 0 Å². The molecule has 2 aliphatic carbocycles. The third-order valence-corrected chi connectivity index (χ3v) is 3.36. The maximum atomic E-state index is 4.07. The van der Waals surface area contributed by atoms with Crippen molar-refractivity contribution in [2.75, 3.05) is 0 Å². The molecule has 0 N–H and O–H groups in total. The number of aromatic nitrogens is 2. The van der Waals surface area contributed by atoms with Crippen molar-refractivity contribution in [3.05, 3.63) is 29.9 Å². The van der Waals surface area contributed by atoms with Crippen molar-refractivity contribution in [3.63, 3.8) is 0 Å². The van der Waals surface area contributed by atoms with Gasteiger partial charge in [-0.15, -0.1) is 0 Å². The Hall–Kier alpha value is -1.05. The van der Waals surface area contributed by atoms with Gasteiger partial charge in [0.1, 0.15) is 0 Å². The number of allylic oxidation sites excluding steroid dienone is 2. The van der Waals surface area contributed by atoms with Gasteiger partial charge in [0.25, 0.3) is 0 Å². The van der Waals surface area contributed by atoms with Gasteiger partial charge >= 0.3 is 0 Å². The van der Waals surface area contributed by atoms with Crippen LogP contribution in [0.3, 0.4) is 0 Å². The fourth-order valence-corrected chi connectivity index (χ4v) is 2.70. The molecular formula is C11H14N2. The van der Waals surface area contributed by atoms with E-state index < -0.39 is 0 Å². The number of imidazole rings is 1. The summed E-state index contributed by atoms with van der Waals surface area (Å²) in [4.78, 5) is 4.07. The molecule has 2 heteroatoms. The lowest BCUT2D eigenvalue weighted by Gasteiger charge is -2.12. The van der Waals surface area contributed by atoms with Crippen LogP contribution < -0.4 is 0 Å². The van der Waals surface area contributed by atoms with Crippen molar-refractivity contribution in [1.29, 1.82) is 0 Å². The van der Waals surface area contributed by atoms with E-state index in [0.717, 1.165) is 12.5 Å².